The Morgan fingerprint density at radius 2 is 1.77 bits per heavy atom. The molecule has 1 fully saturated rings. The molecule has 1 aromatic heterocycles. The molecule has 0 saturated carbocycles. The van der Waals surface area contributed by atoms with Crippen LogP contribution in [0.3, 0.4) is 0 Å². The van der Waals surface area contributed by atoms with Crippen LogP contribution < -0.4 is 4.74 Å². The zero-order valence-electron chi connectivity index (χ0n) is 15.1. The zero-order valence-corrected chi connectivity index (χ0v) is 17.5. The minimum atomic E-state index is -3.48. The van der Waals surface area contributed by atoms with Crippen molar-refractivity contribution in [2.24, 2.45) is 0 Å². The first-order chi connectivity index (χ1) is 12.4. The summed E-state index contributed by atoms with van der Waals surface area (Å²) in [5.41, 5.74) is 1.23. The van der Waals surface area contributed by atoms with Gasteiger partial charge in [-0.2, -0.15) is 9.40 Å². The maximum Gasteiger partial charge on any atom is 0.246 e. The average Bonchev–Trinajstić information content (AvgIpc) is 2.92. The minimum absolute atomic E-state index is 0.350. The molecule has 6 nitrogen and oxygen atoms in total. The maximum absolute atomic E-state index is 13.0. The monoisotopic (exact) mass is 441 g/mol. The van der Waals surface area contributed by atoms with Gasteiger partial charge in [-0.25, -0.2) is 8.42 Å². The van der Waals surface area contributed by atoms with E-state index in [1.54, 1.807) is 15.9 Å². The van der Waals surface area contributed by atoms with E-state index in [1.807, 2.05) is 31.2 Å². The Labute approximate surface area is 163 Å². The first kappa shape index (κ1) is 19.4. The molecule has 1 saturated heterocycles. The first-order valence-corrected chi connectivity index (χ1v) is 11.1. The highest BCUT2D eigenvalue weighted by Crippen LogP contribution is 2.26. The van der Waals surface area contributed by atoms with Crippen molar-refractivity contribution in [2.75, 3.05) is 19.7 Å². The van der Waals surface area contributed by atoms with E-state index in [-0.39, 0.29) is 0 Å². The quantitative estimate of drug-likeness (QED) is 0.687. The molecule has 0 spiro atoms. The smallest absolute Gasteiger partial charge is 0.246 e. The predicted octanol–water partition coefficient (Wildman–Crippen LogP) is 3.52. The van der Waals surface area contributed by atoms with Crippen molar-refractivity contribution in [3.8, 4) is 5.75 Å². The lowest BCUT2D eigenvalue weighted by atomic mass is 10.2. The summed E-state index contributed by atoms with van der Waals surface area (Å²) < 4.78 is 36.1. The normalized spacial score (nSPS) is 16.0. The molecule has 0 N–H and O–H groups in total. The van der Waals surface area contributed by atoms with Crippen LogP contribution in [-0.4, -0.2) is 42.2 Å². The van der Waals surface area contributed by atoms with E-state index in [4.69, 9.17) is 4.74 Å². The van der Waals surface area contributed by atoms with Gasteiger partial charge in [0.2, 0.25) is 10.0 Å². The van der Waals surface area contributed by atoms with Crippen molar-refractivity contribution < 1.29 is 13.2 Å². The number of piperidine rings is 1. The molecular formula is C18H24BrN3O3S. The van der Waals surface area contributed by atoms with Gasteiger partial charge in [-0.05, 0) is 51.0 Å². The van der Waals surface area contributed by atoms with Gasteiger partial charge in [0.15, 0.2) is 0 Å². The summed E-state index contributed by atoms with van der Waals surface area (Å²) >= 11 is 3.39. The summed E-state index contributed by atoms with van der Waals surface area (Å²) in [6.07, 6.45) is 2.94. The van der Waals surface area contributed by atoms with Gasteiger partial charge in [0.25, 0.3) is 0 Å². The first-order valence-electron chi connectivity index (χ1n) is 8.82. The van der Waals surface area contributed by atoms with Crippen molar-refractivity contribution in [2.45, 2.75) is 44.6 Å². The Bertz CT molecular complexity index is 857. The largest absolute Gasteiger partial charge is 0.492 e. The van der Waals surface area contributed by atoms with Crippen LogP contribution in [0.5, 0.6) is 5.75 Å². The van der Waals surface area contributed by atoms with E-state index in [0.717, 1.165) is 29.5 Å². The lowest BCUT2D eigenvalue weighted by molar-refractivity contribution is 0.289. The molecule has 1 aliphatic heterocycles. The average molecular weight is 442 g/mol. The third kappa shape index (κ3) is 4.13. The van der Waals surface area contributed by atoms with Gasteiger partial charge >= 0.3 is 0 Å². The molecule has 26 heavy (non-hydrogen) atoms. The summed E-state index contributed by atoms with van der Waals surface area (Å²) in [5.74, 6) is 0.774. The second kappa shape index (κ2) is 8.10. The molecule has 2 heterocycles. The van der Waals surface area contributed by atoms with Crippen LogP contribution in [0.15, 0.2) is 33.6 Å². The van der Waals surface area contributed by atoms with E-state index >= 15 is 0 Å². The second-order valence-corrected chi connectivity index (χ2v) is 9.28. The Kier molecular flexibility index (Phi) is 6.04. The molecule has 8 heteroatoms. The van der Waals surface area contributed by atoms with Gasteiger partial charge in [-0.1, -0.05) is 22.4 Å². The third-order valence-corrected chi connectivity index (χ3v) is 7.29. The minimum Gasteiger partial charge on any atom is -0.492 e. The SMILES string of the molecule is Cc1nn(CCOc2ccc(Br)cc2)c(C)c1S(=O)(=O)N1CCCCC1. The summed E-state index contributed by atoms with van der Waals surface area (Å²) in [4.78, 5) is 0.350. The highest BCUT2D eigenvalue weighted by Gasteiger charge is 2.31. The molecule has 1 aromatic carbocycles. The van der Waals surface area contributed by atoms with Gasteiger partial charge in [0, 0.05) is 17.6 Å². The van der Waals surface area contributed by atoms with Crippen LogP contribution in [0.2, 0.25) is 0 Å². The van der Waals surface area contributed by atoms with E-state index in [2.05, 4.69) is 21.0 Å². The summed E-state index contributed by atoms with van der Waals surface area (Å²) in [6, 6.07) is 7.61. The fourth-order valence-electron chi connectivity index (χ4n) is 3.29. The number of halogens is 1. The van der Waals surface area contributed by atoms with Crippen molar-refractivity contribution in [1.29, 1.82) is 0 Å². The van der Waals surface area contributed by atoms with Crippen LogP contribution in [0.4, 0.5) is 0 Å². The number of nitrogens with zero attached hydrogens (tertiary/aromatic N) is 3. The molecule has 0 radical (unpaired) electrons. The van der Waals surface area contributed by atoms with Crippen molar-refractivity contribution >= 4 is 26.0 Å². The van der Waals surface area contributed by atoms with Crippen molar-refractivity contribution in [3.05, 3.63) is 40.1 Å². The third-order valence-electron chi connectivity index (χ3n) is 4.61. The Balaban J connectivity index is 1.72. The lowest BCUT2D eigenvalue weighted by Crippen LogP contribution is -2.36. The fourth-order valence-corrected chi connectivity index (χ4v) is 5.44. The van der Waals surface area contributed by atoms with E-state index in [0.29, 0.717) is 42.5 Å². The molecule has 3 rings (SSSR count). The number of sulfonamides is 1. The lowest BCUT2D eigenvalue weighted by Gasteiger charge is -2.26. The Morgan fingerprint density at radius 1 is 1.12 bits per heavy atom. The van der Waals surface area contributed by atoms with Crippen LogP contribution in [0.1, 0.15) is 30.7 Å². The predicted molar refractivity (Wildman–Crippen MR) is 104 cm³/mol. The van der Waals surface area contributed by atoms with Gasteiger partial charge in [0.05, 0.1) is 17.9 Å². The van der Waals surface area contributed by atoms with Crippen LogP contribution in [-0.2, 0) is 16.6 Å². The molecule has 0 atom stereocenters. The van der Waals surface area contributed by atoms with E-state index in [1.165, 1.54) is 0 Å². The number of hydrogen-bond acceptors (Lipinski definition) is 4. The highest BCUT2D eigenvalue weighted by molar-refractivity contribution is 9.10. The second-order valence-electron chi connectivity index (χ2n) is 6.49. The zero-order chi connectivity index (χ0) is 18.7. The van der Waals surface area contributed by atoms with Crippen LogP contribution in [0.25, 0.3) is 0 Å². The van der Waals surface area contributed by atoms with Crippen molar-refractivity contribution in [1.82, 2.24) is 14.1 Å². The van der Waals surface area contributed by atoms with E-state index < -0.39 is 10.0 Å². The van der Waals surface area contributed by atoms with Crippen LogP contribution in [0, 0.1) is 13.8 Å². The number of aromatic nitrogens is 2. The number of benzene rings is 1. The topological polar surface area (TPSA) is 64.4 Å². The standard InChI is InChI=1S/C18H24BrN3O3S/c1-14-18(26(23,24)21-10-4-3-5-11-21)15(2)22(20-14)12-13-25-17-8-6-16(19)7-9-17/h6-9H,3-5,10-13H2,1-2H3. The Hall–Kier alpha value is -1.38. The molecule has 0 unspecified atom stereocenters. The van der Waals surface area contributed by atoms with Crippen molar-refractivity contribution in [3.63, 3.8) is 0 Å². The number of aryl methyl sites for hydroxylation is 1. The Morgan fingerprint density at radius 3 is 2.42 bits per heavy atom. The van der Waals surface area contributed by atoms with Gasteiger partial charge in [-0.3, -0.25) is 4.68 Å². The number of ether oxygens (including phenoxy) is 1. The molecule has 0 aliphatic carbocycles. The number of rotatable bonds is 6. The summed E-state index contributed by atoms with van der Waals surface area (Å²) in [6.45, 7) is 5.69. The summed E-state index contributed by atoms with van der Waals surface area (Å²) in [5, 5.41) is 4.44. The van der Waals surface area contributed by atoms with Gasteiger partial charge in [0.1, 0.15) is 17.3 Å². The maximum atomic E-state index is 13.0. The van der Waals surface area contributed by atoms with Gasteiger partial charge in [-0.15, -0.1) is 0 Å². The molecule has 0 amide bonds. The number of hydrogen-bond donors (Lipinski definition) is 0. The van der Waals surface area contributed by atoms with Crippen LogP contribution >= 0.6 is 15.9 Å². The molecular weight excluding hydrogens is 418 g/mol. The molecule has 0 bridgehead atoms. The van der Waals surface area contributed by atoms with E-state index in [9.17, 15) is 8.42 Å². The summed E-state index contributed by atoms with van der Waals surface area (Å²) in [7, 11) is -3.48. The molecule has 1 aliphatic rings. The fraction of sp³-hybridized carbons (Fsp3) is 0.500. The molecule has 142 valence electrons. The van der Waals surface area contributed by atoms with Gasteiger partial charge < -0.3 is 4.74 Å². The molecule has 2 aromatic rings. The highest BCUT2D eigenvalue weighted by atomic mass is 79.9.